The molecule has 3 aromatic rings. The number of fused-ring (bicyclic) bond motifs is 6. The van der Waals surface area contributed by atoms with Gasteiger partial charge in [-0.15, -0.1) is 0 Å². The molecule has 3 aliphatic heterocycles. The molecule has 3 aliphatic rings. The maximum atomic E-state index is 13.4. The molecule has 6 nitrogen and oxygen atoms in total. The zero-order valence-corrected chi connectivity index (χ0v) is 16.3. The quantitative estimate of drug-likeness (QED) is 0.709. The number of hydrogen-bond donors (Lipinski definition) is 1. The summed E-state index contributed by atoms with van der Waals surface area (Å²) in [7, 11) is 1.61. The van der Waals surface area contributed by atoms with Gasteiger partial charge in [0.25, 0.3) is 5.91 Å². The summed E-state index contributed by atoms with van der Waals surface area (Å²) in [6.45, 7) is 0. The van der Waals surface area contributed by atoms with Gasteiger partial charge in [0.2, 0.25) is 0 Å². The summed E-state index contributed by atoms with van der Waals surface area (Å²) in [5.74, 6) is 0.956. The molecule has 3 heterocycles. The highest BCUT2D eigenvalue weighted by Gasteiger charge is 2.61. The number of ether oxygens (including phenoxy) is 2. The van der Waals surface area contributed by atoms with Gasteiger partial charge in [0.1, 0.15) is 0 Å². The topological polar surface area (TPSA) is 63.2 Å². The molecule has 6 heteroatoms. The molecule has 1 amide bonds. The van der Waals surface area contributed by atoms with Crippen molar-refractivity contribution in [2.75, 3.05) is 12.4 Å². The Hall–Kier alpha value is -3.80. The lowest BCUT2D eigenvalue weighted by Crippen LogP contribution is -2.55. The van der Waals surface area contributed by atoms with Crippen LogP contribution in [0.25, 0.3) is 0 Å². The minimum Gasteiger partial charge on any atom is -0.493 e. The minimum absolute atomic E-state index is 0.143. The van der Waals surface area contributed by atoms with Crippen LogP contribution in [0.5, 0.6) is 11.5 Å². The first-order valence-electron chi connectivity index (χ1n) is 9.91. The van der Waals surface area contributed by atoms with Gasteiger partial charge in [-0.1, -0.05) is 60.7 Å². The van der Waals surface area contributed by atoms with Gasteiger partial charge in [-0.05, 0) is 17.7 Å². The summed E-state index contributed by atoms with van der Waals surface area (Å²) in [5, 5.41) is 9.75. The number of carbonyl (C=O) groups excluding carboxylic acids is 1. The van der Waals surface area contributed by atoms with E-state index in [1.807, 2.05) is 77.8 Å². The molecule has 0 bridgehead atoms. The third-order valence-electron chi connectivity index (χ3n) is 6.03. The summed E-state index contributed by atoms with van der Waals surface area (Å²) >= 11 is 0. The smallest absolute Gasteiger partial charge is 0.306 e. The molecule has 2 atom stereocenters. The molecule has 3 aromatic carbocycles. The molecular weight excluding hydrogens is 378 g/mol. The van der Waals surface area contributed by atoms with Crippen LogP contribution in [0.2, 0.25) is 0 Å². The fraction of sp³-hybridized carbons (Fsp3) is 0.167. The van der Waals surface area contributed by atoms with Gasteiger partial charge in [-0.3, -0.25) is 4.79 Å². The molecule has 30 heavy (non-hydrogen) atoms. The number of amides is 1. The number of hydrazone groups is 1. The Balaban J connectivity index is 1.60. The van der Waals surface area contributed by atoms with Gasteiger partial charge < -0.3 is 14.8 Å². The van der Waals surface area contributed by atoms with Crippen molar-refractivity contribution in [3.05, 3.63) is 89.5 Å². The van der Waals surface area contributed by atoms with Crippen LogP contribution >= 0.6 is 0 Å². The van der Waals surface area contributed by atoms with E-state index in [0.29, 0.717) is 17.9 Å². The Morgan fingerprint density at radius 3 is 2.70 bits per heavy atom. The van der Waals surface area contributed by atoms with E-state index < -0.39 is 5.72 Å². The molecule has 1 N–H and O–H groups in total. The first-order valence-corrected chi connectivity index (χ1v) is 9.91. The lowest BCUT2D eigenvalue weighted by Gasteiger charge is -2.44. The van der Waals surface area contributed by atoms with Crippen LogP contribution in [-0.4, -0.2) is 23.7 Å². The Morgan fingerprint density at radius 1 is 1.07 bits per heavy atom. The monoisotopic (exact) mass is 397 g/mol. The van der Waals surface area contributed by atoms with Crippen molar-refractivity contribution in [2.45, 2.75) is 18.2 Å². The minimum atomic E-state index is -1.38. The first kappa shape index (κ1) is 17.1. The number of benzene rings is 3. The van der Waals surface area contributed by atoms with Crippen molar-refractivity contribution >= 4 is 17.3 Å². The second-order valence-electron chi connectivity index (χ2n) is 7.60. The number of para-hydroxylation sites is 2. The SMILES string of the molecule is COc1cccc2c1OC1(C(=O)Nc3ccccc31)N1N=C(c3ccccc3)CC21. The van der Waals surface area contributed by atoms with E-state index >= 15 is 0 Å². The van der Waals surface area contributed by atoms with Gasteiger partial charge in [0.15, 0.2) is 11.5 Å². The number of hydrogen-bond acceptors (Lipinski definition) is 5. The maximum Gasteiger partial charge on any atom is 0.306 e. The van der Waals surface area contributed by atoms with Gasteiger partial charge in [-0.25, -0.2) is 5.01 Å². The third kappa shape index (κ3) is 2.13. The summed E-state index contributed by atoms with van der Waals surface area (Å²) in [5.41, 5.74) is 3.05. The van der Waals surface area contributed by atoms with E-state index in [2.05, 4.69) is 5.32 Å². The normalized spacial score (nSPS) is 23.2. The van der Waals surface area contributed by atoms with Gasteiger partial charge in [0.05, 0.1) is 30.1 Å². The molecule has 0 fully saturated rings. The Morgan fingerprint density at radius 2 is 1.87 bits per heavy atom. The highest BCUT2D eigenvalue weighted by atomic mass is 16.6. The molecule has 0 saturated heterocycles. The van der Waals surface area contributed by atoms with Crippen LogP contribution in [0, 0.1) is 0 Å². The predicted molar refractivity (Wildman–Crippen MR) is 113 cm³/mol. The Kier molecular flexibility index (Phi) is 3.47. The standard InChI is InChI=1S/C24H19N3O3/c1-29-21-13-7-10-16-20-14-19(15-8-3-2-4-9-15)26-27(20)24(30-22(16)21)17-11-5-6-12-18(17)25-23(24)28/h2-13,20H,14H2,1H3,(H,25,28). The van der Waals surface area contributed by atoms with Crippen molar-refractivity contribution in [1.82, 2.24) is 5.01 Å². The van der Waals surface area contributed by atoms with E-state index in [4.69, 9.17) is 14.6 Å². The molecule has 0 aromatic heterocycles. The lowest BCUT2D eigenvalue weighted by atomic mass is 9.92. The van der Waals surface area contributed by atoms with Crippen molar-refractivity contribution in [3.63, 3.8) is 0 Å². The fourth-order valence-electron chi connectivity index (χ4n) is 4.65. The molecule has 0 radical (unpaired) electrons. The van der Waals surface area contributed by atoms with Gasteiger partial charge >= 0.3 is 5.72 Å². The van der Waals surface area contributed by atoms with Crippen LogP contribution in [0.4, 0.5) is 5.69 Å². The summed E-state index contributed by atoms with van der Waals surface area (Å²) in [6.07, 6.45) is 0.671. The van der Waals surface area contributed by atoms with E-state index in [9.17, 15) is 4.79 Å². The second-order valence-corrected chi connectivity index (χ2v) is 7.60. The van der Waals surface area contributed by atoms with E-state index in [1.54, 1.807) is 7.11 Å². The van der Waals surface area contributed by atoms with Crippen molar-refractivity contribution in [1.29, 1.82) is 0 Å². The van der Waals surface area contributed by atoms with Crippen molar-refractivity contribution < 1.29 is 14.3 Å². The fourth-order valence-corrected chi connectivity index (χ4v) is 4.65. The highest BCUT2D eigenvalue weighted by Crippen LogP contribution is 2.56. The average molecular weight is 397 g/mol. The number of rotatable bonds is 2. The Bertz CT molecular complexity index is 1210. The number of anilines is 1. The molecule has 0 aliphatic carbocycles. The van der Waals surface area contributed by atoms with Crippen LogP contribution in [0.1, 0.15) is 29.2 Å². The van der Waals surface area contributed by atoms with E-state index in [1.165, 1.54) is 0 Å². The van der Waals surface area contributed by atoms with Crippen LogP contribution in [0.3, 0.4) is 0 Å². The molecule has 1 spiro atoms. The summed E-state index contributed by atoms with van der Waals surface area (Å²) < 4.78 is 12.1. The molecule has 6 rings (SSSR count). The molecular formula is C24H19N3O3. The first-order chi connectivity index (χ1) is 14.7. The average Bonchev–Trinajstić information content (AvgIpc) is 3.35. The zero-order valence-electron chi connectivity index (χ0n) is 16.3. The predicted octanol–water partition coefficient (Wildman–Crippen LogP) is 4.04. The van der Waals surface area contributed by atoms with Crippen LogP contribution < -0.4 is 14.8 Å². The second kappa shape index (κ2) is 6.10. The van der Waals surface area contributed by atoms with Crippen molar-refractivity contribution in [2.24, 2.45) is 5.10 Å². The largest absolute Gasteiger partial charge is 0.493 e. The van der Waals surface area contributed by atoms with Crippen LogP contribution in [-0.2, 0) is 10.5 Å². The van der Waals surface area contributed by atoms with Gasteiger partial charge in [-0.2, -0.15) is 5.10 Å². The lowest BCUT2D eigenvalue weighted by molar-refractivity contribution is -0.161. The van der Waals surface area contributed by atoms with E-state index in [0.717, 1.165) is 28.1 Å². The number of nitrogens with zero attached hydrogens (tertiary/aromatic N) is 2. The van der Waals surface area contributed by atoms with Gasteiger partial charge in [0, 0.05) is 12.0 Å². The number of carbonyl (C=O) groups is 1. The summed E-state index contributed by atoms with van der Waals surface area (Å²) in [6, 6.07) is 23.3. The van der Waals surface area contributed by atoms with Crippen LogP contribution in [0.15, 0.2) is 77.9 Å². The highest BCUT2D eigenvalue weighted by molar-refractivity contribution is 6.07. The zero-order chi connectivity index (χ0) is 20.3. The number of nitrogens with one attached hydrogen (secondary N) is 1. The summed E-state index contributed by atoms with van der Waals surface area (Å²) in [4.78, 5) is 13.4. The van der Waals surface area contributed by atoms with Crippen molar-refractivity contribution in [3.8, 4) is 11.5 Å². The molecule has 2 unspecified atom stereocenters. The Labute approximate surface area is 173 Å². The maximum absolute atomic E-state index is 13.4. The molecule has 148 valence electrons. The molecule has 0 saturated carbocycles. The third-order valence-corrected chi connectivity index (χ3v) is 6.03. The van der Waals surface area contributed by atoms with E-state index in [-0.39, 0.29) is 11.9 Å². The number of methoxy groups -OCH3 is 1.